The molecule has 0 aromatic heterocycles. The van der Waals surface area contributed by atoms with Gasteiger partial charge in [-0.2, -0.15) is 0 Å². The fraction of sp³-hybridized carbons (Fsp3) is 0.667. The van der Waals surface area contributed by atoms with Crippen molar-refractivity contribution >= 4 is 0 Å². The summed E-state index contributed by atoms with van der Waals surface area (Å²) in [6, 6.07) is 10.5. The minimum Gasteiger partial charge on any atom is -0.390 e. The van der Waals surface area contributed by atoms with Gasteiger partial charge in [0.05, 0.1) is 5.60 Å². The molecule has 4 atom stereocenters. The van der Waals surface area contributed by atoms with Gasteiger partial charge in [-0.15, -0.1) is 0 Å². The molecule has 0 heterocycles. The van der Waals surface area contributed by atoms with Crippen molar-refractivity contribution in [2.45, 2.75) is 57.5 Å². The molecule has 2 saturated carbocycles. The van der Waals surface area contributed by atoms with E-state index in [4.69, 9.17) is 0 Å². The molecule has 1 N–H and O–H groups in total. The van der Waals surface area contributed by atoms with Crippen LogP contribution in [0.3, 0.4) is 0 Å². The molecule has 0 amide bonds. The van der Waals surface area contributed by atoms with Crippen molar-refractivity contribution in [3.63, 3.8) is 0 Å². The van der Waals surface area contributed by atoms with Gasteiger partial charge in [-0.1, -0.05) is 43.7 Å². The minimum atomic E-state index is -0.490. The number of benzene rings is 1. The summed E-state index contributed by atoms with van der Waals surface area (Å²) >= 11 is 0. The quantitative estimate of drug-likeness (QED) is 0.839. The summed E-state index contributed by atoms with van der Waals surface area (Å²) in [7, 11) is 0. The Hall–Kier alpha value is -0.820. The van der Waals surface area contributed by atoms with Crippen LogP contribution >= 0.6 is 0 Å². The zero-order valence-corrected chi connectivity index (χ0v) is 12.0. The smallest absolute Gasteiger partial charge is 0.0688 e. The highest BCUT2D eigenvalue weighted by molar-refractivity contribution is 5.17. The van der Waals surface area contributed by atoms with Crippen LogP contribution in [0, 0.1) is 17.8 Å². The lowest BCUT2D eigenvalue weighted by Gasteiger charge is -2.33. The van der Waals surface area contributed by atoms with Gasteiger partial charge in [0.2, 0.25) is 0 Å². The number of hydrogen-bond acceptors (Lipinski definition) is 1. The van der Waals surface area contributed by atoms with E-state index in [1.54, 1.807) is 0 Å². The van der Waals surface area contributed by atoms with Gasteiger partial charge in [-0.3, -0.25) is 0 Å². The summed E-state index contributed by atoms with van der Waals surface area (Å²) in [6.45, 7) is 2.14. The third kappa shape index (κ3) is 2.86. The SMILES string of the molecule is CCC(O)(Cc1ccccc1)CC1CC2CCC1C2. The van der Waals surface area contributed by atoms with Gasteiger partial charge in [0.25, 0.3) is 0 Å². The van der Waals surface area contributed by atoms with Gasteiger partial charge in [0.15, 0.2) is 0 Å². The van der Waals surface area contributed by atoms with Crippen molar-refractivity contribution in [1.29, 1.82) is 0 Å². The van der Waals surface area contributed by atoms with Crippen LogP contribution in [0.15, 0.2) is 30.3 Å². The first-order valence-electron chi connectivity index (χ1n) is 7.95. The Bertz CT molecular complexity index is 413. The molecule has 2 aliphatic rings. The molecule has 104 valence electrons. The van der Waals surface area contributed by atoms with Crippen LogP contribution in [0.1, 0.15) is 51.0 Å². The average molecular weight is 258 g/mol. The first kappa shape index (κ1) is 13.2. The van der Waals surface area contributed by atoms with Crippen LogP contribution in [0.4, 0.5) is 0 Å². The molecule has 0 saturated heterocycles. The highest BCUT2D eigenvalue weighted by Crippen LogP contribution is 2.51. The minimum absolute atomic E-state index is 0.490. The van der Waals surface area contributed by atoms with Crippen molar-refractivity contribution in [2.24, 2.45) is 17.8 Å². The molecule has 0 aliphatic heterocycles. The van der Waals surface area contributed by atoms with E-state index in [9.17, 15) is 5.11 Å². The van der Waals surface area contributed by atoms with Gasteiger partial charge < -0.3 is 5.11 Å². The molecule has 3 rings (SSSR count). The van der Waals surface area contributed by atoms with Crippen LogP contribution in [0.25, 0.3) is 0 Å². The van der Waals surface area contributed by atoms with Gasteiger partial charge in [0, 0.05) is 6.42 Å². The molecular formula is C18H26O. The predicted molar refractivity (Wildman–Crippen MR) is 78.9 cm³/mol. The zero-order chi connectivity index (χ0) is 13.3. The molecule has 19 heavy (non-hydrogen) atoms. The Balaban J connectivity index is 1.65. The Morgan fingerprint density at radius 2 is 1.95 bits per heavy atom. The normalized spacial score (nSPS) is 32.4. The molecule has 1 heteroatoms. The Morgan fingerprint density at radius 3 is 2.53 bits per heavy atom. The third-order valence-corrected chi connectivity index (χ3v) is 5.56. The Morgan fingerprint density at radius 1 is 1.16 bits per heavy atom. The molecule has 4 unspecified atom stereocenters. The van der Waals surface area contributed by atoms with Crippen molar-refractivity contribution in [3.05, 3.63) is 35.9 Å². The summed E-state index contributed by atoms with van der Waals surface area (Å²) in [4.78, 5) is 0. The fourth-order valence-corrected chi connectivity index (χ4v) is 4.43. The predicted octanol–water partition coefficient (Wildman–Crippen LogP) is 4.20. The topological polar surface area (TPSA) is 20.2 Å². The number of fused-ring (bicyclic) bond motifs is 2. The lowest BCUT2D eigenvalue weighted by atomic mass is 9.77. The summed E-state index contributed by atoms with van der Waals surface area (Å²) in [6.07, 6.45) is 8.38. The summed E-state index contributed by atoms with van der Waals surface area (Å²) in [5.41, 5.74) is 0.784. The Kier molecular flexibility index (Phi) is 3.66. The average Bonchev–Trinajstić information content (AvgIpc) is 3.02. The van der Waals surface area contributed by atoms with E-state index in [1.165, 1.54) is 31.2 Å². The van der Waals surface area contributed by atoms with E-state index < -0.39 is 5.60 Å². The van der Waals surface area contributed by atoms with Crippen LogP contribution < -0.4 is 0 Å². The molecule has 1 aromatic rings. The molecule has 2 fully saturated rings. The largest absolute Gasteiger partial charge is 0.390 e. The molecule has 0 radical (unpaired) electrons. The van der Waals surface area contributed by atoms with Crippen LogP contribution in [0.5, 0.6) is 0 Å². The van der Waals surface area contributed by atoms with E-state index in [0.717, 1.165) is 37.0 Å². The maximum Gasteiger partial charge on any atom is 0.0688 e. The lowest BCUT2D eigenvalue weighted by Crippen LogP contribution is -2.34. The van der Waals surface area contributed by atoms with Gasteiger partial charge in [-0.05, 0) is 55.4 Å². The van der Waals surface area contributed by atoms with Crippen LogP contribution in [0.2, 0.25) is 0 Å². The number of aliphatic hydroxyl groups is 1. The molecule has 2 aliphatic carbocycles. The van der Waals surface area contributed by atoms with Gasteiger partial charge in [0.1, 0.15) is 0 Å². The second-order valence-electron chi connectivity index (χ2n) is 6.88. The van der Waals surface area contributed by atoms with E-state index in [1.807, 2.05) is 6.07 Å². The van der Waals surface area contributed by atoms with E-state index >= 15 is 0 Å². The zero-order valence-electron chi connectivity index (χ0n) is 12.0. The first-order chi connectivity index (χ1) is 9.18. The van der Waals surface area contributed by atoms with Crippen LogP contribution in [-0.2, 0) is 6.42 Å². The van der Waals surface area contributed by atoms with Crippen molar-refractivity contribution in [1.82, 2.24) is 0 Å². The lowest BCUT2D eigenvalue weighted by molar-refractivity contribution is 0.00362. The maximum atomic E-state index is 11.0. The van der Waals surface area contributed by atoms with Crippen LogP contribution in [-0.4, -0.2) is 10.7 Å². The van der Waals surface area contributed by atoms with Gasteiger partial charge in [-0.25, -0.2) is 0 Å². The molecular weight excluding hydrogens is 232 g/mol. The second kappa shape index (κ2) is 5.28. The highest BCUT2D eigenvalue weighted by atomic mass is 16.3. The molecule has 2 bridgehead atoms. The Labute approximate surface area is 117 Å². The molecule has 1 nitrogen and oxygen atoms in total. The van der Waals surface area contributed by atoms with Gasteiger partial charge >= 0.3 is 0 Å². The van der Waals surface area contributed by atoms with Crippen molar-refractivity contribution in [3.8, 4) is 0 Å². The van der Waals surface area contributed by atoms with E-state index in [0.29, 0.717) is 0 Å². The number of hydrogen-bond donors (Lipinski definition) is 1. The number of rotatable bonds is 5. The third-order valence-electron chi connectivity index (χ3n) is 5.56. The van der Waals surface area contributed by atoms with E-state index in [2.05, 4.69) is 31.2 Å². The standard InChI is InChI=1S/C18H26O/c1-2-18(19,12-14-6-4-3-5-7-14)13-17-11-15-8-9-16(17)10-15/h3-7,15-17,19H,2,8-13H2,1H3. The molecule has 1 aromatic carbocycles. The molecule has 0 spiro atoms. The van der Waals surface area contributed by atoms with Crippen molar-refractivity contribution < 1.29 is 5.11 Å². The maximum absolute atomic E-state index is 11.0. The van der Waals surface area contributed by atoms with Crippen molar-refractivity contribution in [2.75, 3.05) is 0 Å². The fourth-order valence-electron chi connectivity index (χ4n) is 4.43. The first-order valence-corrected chi connectivity index (χ1v) is 7.95. The summed E-state index contributed by atoms with van der Waals surface area (Å²) in [5.74, 6) is 2.68. The monoisotopic (exact) mass is 258 g/mol. The summed E-state index contributed by atoms with van der Waals surface area (Å²) in [5, 5.41) is 11.0. The second-order valence-corrected chi connectivity index (χ2v) is 6.88. The highest BCUT2D eigenvalue weighted by Gasteiger charge is 2.42. The van der Waals surface area contributed by atoms with E-state index in [-0.39, 0.29) is 0 Å². The summed E-state index contributed by atoms with van der Waals surface area (Å²) < 4.78 is 0.